The Morgan fingerprint density at radius 3 is 2.65 bits per heavy atom. The van der Waals surface area contributed by atoms with Gasteiger partial charge in [0.15, 0.2) is 0 Å². The molecule has 6 nitrogen and oxygen atoms in total. The third kappa shape index (κ3) is 3.12. The normalized spacial score (nSPS) is 28.7. The second kappa shape index (κ2) is 6.34. The van der Waals surface area contributed by atoms with Crippen LogP contribution in [0.3, 0.4) is 0 Å². The van der Waals surface area contributed by atoms with Gasteiger partial charge in [0.05, 0.1) is 17.5 Å². The molecular formula is C17H25N3O3. The van der Waals surface area contributed by atoms with Crippen LogP contribution in [-0.4, -0.2) is 32.3 Å². The van der Waals surface area contributed by atoms with E-state index in [1.165, 1.54) is 12.8 Å². The third-order valence-corrected chi connectivity index (χ3v) is 5.48. The summed E-state index contributed by atoms with van der Waals surface area (Å²) in [6.45, 7) is 1.86. The average molecular weight is 319 g/mol. The van der Waals surface area contributed by atoms with Crippen molar-refractivity contribution in [1.82, 2.24) is 15.1 Å². The fraction of sp³-hybridized carbons (Fsp3) is 0.706. The van der Waals surface area contributed by atoms with Crippen molar-refractivity contribution >= 4 is 11.9 Å². The highest BCUT2D eigenvalue weighted by Crippen LogP contribution is 2.34. The van der Waals surface area contributed by atoms with Gasteiger partial charge < -0.3 is 10.4 Å². The lowest BCUT2D eigenvalue weighted by atomic mass is 9.74. The van der Waals surface area contributed by atoms with E-state index in [2.05, 4.69) is 10.4 Å². The number of amides is 1. The molecule has 0 spiro atoms. The molecule has 0 bridgehead atoms. The monoisotopic (exact) mass is 319 g/mol. The molecule has 2 aliphatic rings. The molecule has 3 rings (SSSR count). The summed E-state index contributed by atoms with van der Waals surface area (Å²) in [6, 6.07) is 2.02. The van der Waals surface area contributed by atoms with Gasteiger partial charge in [-0.2, -0.15) is 5.10 Å². The maximum Gasteiger partial charge on any atom is 0.308 e. The number of rotatable bonds is 4. The predicted octanol–water partition coefficient (Wildman–Crippen LogP) is 2.76. The summed E-state index contributed by atoms with van der Waals surface area (Å²) >= 11 is 0. The Morgan fingerprint density at radius 1 is 1.26 bits per heavy atom. The van der Waals surface area contributed by atoms with Crippen LogP contribution in [-0.2, 0) is 4.79 Å². The molecule has 2 fully saturated rings. The van der Waals surface area contributed by atoms with E-state index in [0.29, 0.717) is 24.6 Å². The zero-order valence-electron chi connectivity index (χ0n) is 13.6. The van der Waals surface area contributed by atoms with Crippen LogP contribution in [0.25, 0.3) is 0 Å². The molecular weight excluding hydrogens is 294 g/mol. The minimum absolute atomic E-state index is 0.204. The van der Waals surface area contributed by atoms with Gasteiger partial charge in [0.2, 0.25) is 0 Å². The summed E-state index contributed by atoms with van der Waals surface area (Å²) in [5.74, 6) is -1.55. The average Bonchev–Trinajstić information content (AvgIpc) is 3.17. The van der Waals surface area contributed by atoms with E-state index in [-0.39, 0.29) is 5.91 Å². The Labute approximate surface area is 136 Å². The SMILES string of the molecule is CC1(NC(=O)c2ccnn2C2CCCC2)CCCCC1C(=O)O. The lowest BCUT2D eigenvalue weighted by Crippen LogP contribution is -2.55. The molecule has 0 radical (unpaired) electrons. The minimum atomic E-state index is -0.822. The van der Waals surface area contributed by atoms with Crippen molar-refractivity contribution in [2.75, 3.05) is 0 Å². The summed E-state index contributed by atoms with van der Waals surface area (Å²) in [5.41, 5.74) is -0.140. The first-order valence-electron chi connectivity index (χ1n) is 8.60. The van der Waals surface area contributed by atoms with E-state index >= 15 is 0 Å². The number of hydrogen-bond acceptors (Lipinski definition) is 3. The van der Waals surface area contributed by atoms with Gasteiger partial charge in [0, 0.05) is 6.20 Å². The molecule has 2 aliphatic carbocycles. The number of nitrogens with one attached hydrogen (secondary N) is 1. The molecule has 1 heterocycles. The van der Waals surface area contributed by atoms with Crippen molar-refractivity contribution < 1.29 is 14.7 Å². The molecule has 6 heteroatoms. The van der Waals surface area contributed by atoms with Gasteiger partial charge in [-0.3, -0.25) is 14.3 Å². The smallest absolute Gasteiger partial charge is 0.308 e. The van der Waals surface area contributed by atoms with Gasteiger partial charge in [-0.1, -0.05) is 25.7 Å². The van der Waals surface area contributed by atoms with Gasteiger partial charge in [-0.25, -0.2) is 0 Å². The Kier molecular flexibility index (Phi) is 4.41. The van der Waals surface area contributed by atoms with Crippen LogP contribution in [0, 0.1) is 5.92 Å². The van der Waals surface area contributed by atoms with Crippen LogP contribution in [0.5, 0.6) is 0 Å². The quantitative estimate of drug-likeness (QED) is 0.893. The van der Waals surface area contributed by atoms with E-state index in [0.717, 1.165) is 25.7 Å². The van der Waals surface area contributed by atoms with E-state index in [1.54, 1.807) is 12.3 Å². The molecule has 0 saturated heterocycles. The number of carboxylic acids is 1. The second-order valence-electron chi connectivity index (χ2n) is 7.11. The van der Waals surface area contributed by atoms with Crippen LogP contribution in [0.2, 0.25) is 0 Å². The number of carboxylic acid groups (broad SMARTS) is 1. The van der Waals surface area contributed by atoms with Crippen LogP contribution < -0.4 is 5.32 Å². The maximum absolute atomic E-state index is 12.8. The number of nitrogens with zero attached hydrogens (tertiary/aromatic N) is 2. The van der Waals surface area contributed by atoms with Crippen molar-refractivity contribution in [2.24, 2.45) is 5.92 Å². The van der Waals surface area contributed by atoms with Crippen molar-refractivity contribution in [3.63, 3.8) is 0 Å². The van der Waals surface area contributed by atoms with E-state index in [9.17, 15) is 14.7 Å². The van der Waals surface area contributed by atoms with Crippen LogP contribution in [0.4, 0.5) is 0 Å². The molecule has 0 aliphatic heterocycles. The number of hydrogen-bond donors (Lipinski definition) is 2. The Hall–Kier alpha value is -1.85. The second-order valence-corrected chi connectivity index (χ2v) is 7.11. The first kappa shape index (κ1) is 16.0. The summed E-state index contributed by atoms with van der Waals surface area (Å²) in [6.07, 6.45) is 9.28. The first-order valence-corrected chi connectivity index (χ1v) is 8.60. The highest BCUT2D eigenvalue weighted by molar-refractivity contribution is 5.93. The zero-order chi connectivity index (χ0) is 16.4. The maximum atomic E-state index is 12.8. The summed E-state index contributed by atoms with van der Waals surface area (Å²) < 4.78 is 1.82. The van der Waals surface area contributed by atoms with Crippen LogP contribution in [0.15, 0.2) is 12.3 Å². The molecule has 2 N–H and O–H groups in total. The molecule has 1 aromatic rings. The van der Waals surface area contributed by atoms with Gasteiger partial charge in [-0.15, -0.1) is 0 Å². The van der Waals surface area contributed by atoms with Crippen LogP contribution >= 0.6 is 0 Å². The molecule has 1 aromatic heterocycles. The minimum Gasteiger partial charge on any atom is -0.481 e. The number of aromatic nitrogens is 2. The standard InChI is InChI=1S/C17H25N3O3/c1-17(10-5-4-8-13(17)16(22)23)19-15(21)14-9-11-18-20(14)12-6-2-3-7-12/h9,11-13H,2-8,10H2,1H3,(H,19,21)(H,22,23). The first-order chi connectivity index (χ1) is 11.0. The molecule has 23 heavy (non-hydrogen) atoms. The summed E-state index contributed by atoms with van der Waals surface area (Å²) in [7, 11) is 0. The summed E-state index contributed by atoms with van der Waals surface area (Å²) in [5, 5.41) is 16.8. The highest BCUT2D eigenvalue weighted by atomic mass is 16.4. The summed E-state index contributed by atoms with van der Waals surface area (Å²) in [4.78, 5) is 24.3. The lowest BCUT2D eigenvalue weighted by Gasteiger charge is -2.39. The topological polar surface area (TPSA) is 84.2 Å². The molecule has 2 saturated carbocycles. The largest absolute Gasteiger partial charge is 0.481 e. The zero-order valence-corrected chi connectivity index (χ0v) is 13.6. The van der Waals surface area contributed by atoms with Gasteiger partial charge in [0.25, 0.3) is 5.91 Å². The van der Waals surface area contributed by atoms with E-state index < -0.39 is 17.4 Å². The van der Waals surface area contributed by atoms with Gasteiger partial charge >= 0.3 is 5.97 Å². The predicted molar refractivity (Wildman–Crippen MR) is 85.2 cm³/mol. The fourth-order valence-corrected chi connectivity index (χ4v) is 4.14. The number of carbonyl (C=O) groups excluding carboxylic acids is 1. The highest BCUT2D eigenvalue weighted by Gasteiger charge is 2.42. The lowest BCUT2D eigenvalue weighted by molar-refractivity contribution is -0.145. The van der Waals surface area contributed by atoms with Crippen LogP contribution in [0.1, 0.15) is 74.8 Å². The molecule has 2 unspecified atom stereocenters. The van der Waals surface area contributed by atoms with Gasteiger partial charge in [0.1, 0.15) is 5.69 Å². The number of carbonyl (C=O) groups is 2. The van der Waals surface area contributed by atoms with Crippen molar-refractivity contribution in [3.8, 4) is 0 Å². The van der Waals surface area contributed by atoms with Crippen molar-refractivity contribution in [3.05, 3.63) is 18.0 Å². The van der Waals surface area contributed by atoms with Gasteiger partial charge in [-0.05, 0) is 38.7 Å². The van der Waals surface area contributed by atoms with Crippen molar-refractivity contribution in [2.45, 2.75) is 69.9 Å². The van der Waals surface area contributed by atoms with E-state index in [4.69, 9.17) is 0 Å². The van der Waals surface area contributed by atoms with Crippen molar-refractivity contribution in [1.29, 1.82) is 0 Å². The van der Waals surface area contributed by atoms with E-state index in [1.807, 2.05) is 11.6 Å². The molecule has 1 amide bonds. The molecule has 2 atom stereocenters. The molecule has 126 valence electrons. The Bertz CT molecular complexity index is 592. The Balaban J connectivity index is 1.78. The third-order valence-electron chi connectivity index (χ3n) is 5.48. The molecule has 0 aromatic carbocycles. The Morgan fingerprint density at radius 2 is 1.96 bits per heavy atom. The number of aliphatic carboxylic acids is 1. The fourth-order valence-electron chi connectivity index (χ4n) is 4.14.